The standard InChI is InChI=1S/C17H23N3O4S2/c1-3-4-9-18-26(23,24)15-7-5-6-14(11-15)19-16(21)8-10-20-13(2)12-25-17(20)22/h5-7,11-12,18H,3-4,8-10H2,1-2H3,(H,19,21). The van der Waals surface area contributed by atoms with Crippen LogP contribution < -0.4 is 14.9 Å². The van der Waals surface area contributed by atoms with Gasteiger partial charge in [0.2, 0.25) is 15.9 Å². The molecule has 0 bridgehead atoms. The van der Waals surface area contributed by atoms with E-state index in [1.54, 1.807) is 22.1 Å². The number of rotatable bonds is 9. The van der Waals surface area contributed by atoms with E-state index in [0.717, 1.165) is 29.9 Å². The smallest absolute Gasteiger partial charge is 0.307 e. The SMILES string of the molecule is CCCCNS(=O)(=O)c1cccc(NC(=O)CCn2c(C)csc2=O)c1. The minimum absolute atomic E-state index is 0.0958. The van der Waals surface area contributed by atoms with Gasteiger partial charge in [-0.2, -0.15) is 0 Å². The minimum atomic E-state index is -3.60. The van der Waals surface area contributed by atoms with Gasteiger partial charge in [-0.3, -0.25) is 9.59 Å². The molecule has 2 N–H and O–H groups in total. The summed E-state index contributed by atoms with van der Waals surface area (Å²) in [5.74, 6) is -0.281. The number of nitrogens with one attached hydrogen (secondary N) is 2. The maximum absolute atomic E-state index is 12.2. The Morgan fingerprint density at radius 2 is 2.08 bits per heavy atom. The highest BCUT2D eigenvalue weighted by molar-refractivity contribution is 7.89. The third-order valence-electron chi connectivity index (χ3n) is 3.79. The third kappa shape index (κ3) is 5.52. The van der Waals surface area contributed by atoms with Crippen molar-refractivity contribution in [3.05, 3.63) is 45.0 Å². The molecular weight excluding hydrogens is 374 g/mol. The molecule has 1 aromatic heterocycles. The van der Waals surface area contributed by atoms with Crippen LogP contribution in [-0.4, -0.2) is 25.4 Å². The summed E-state index contributed by atoms with van der Waals surface area (Å²) in [5.41, 5.74) is 1.22. The molecule has 0 radical (unpaired) electrons. The molecule has 7 nitrogen and oxygen atoms in total. The number of sulfonamides is 1. The van der Waals surface area contributed by atoms with E-state index in [0.29, 0.717) is 12.2 Å². The van der Waals surface area contributed by atoms with Crippen LogP contribution in [0, 0.1) is 6.92 Å². The van der Waals surface area contributed by atoms with E-state index in [2.05, 4.69) is 10.0 Å². The van der Waals surface area contributed by atoms with Crippen LogP contribution in [0.5, 0.6) is 0 Å². The van der Waals surface area contributed by atoms with Crippen molar-refractivity contribution >= 4 is 33.0 Å². The fourth-order valence-corrected chi connectivity index (χ4v) is 4.20. The van der Waals surface area contributed by atoms with Gasteiger partial charge in [0.25, 0.3) is 0 Å². The van der Waals surface area contributed by atoms with Crippen molar-refractivity contribution in [3.8, 4) is 0 Å². The number of aromatic nitrogens is 1. The Morgan fingerprint density at radius 3 is 2.73 bits per heavy atom. The molecule has 142 valence electrons. The van der Waals surface area contributed by atoms with Crippen molar-refractivity contribution in [3.63, 3.8) is 0 Å². The maximum atomic E-state index is 12.2. The molecule has 0 unspecified atom stereocenters. The highest BCUT2D eigenvalue weighted by Gasteiger charge is 2.14. The van der Waals surface area contributed by atoms with Crippen molar-refractivity contribution in [2.24, 2.45) is 0 Å². The first-order valence-corrected chi connectivity index (χ1v) is 10.7. The Bertz CT molecular complexity index is 916. The van der Waals surface area contributed by atoms with E-state index >= 15 is 0 Å². The van der Waals surface area contributed by atoms with Crippen LogP contribution in [0.25, 0.3) is 0 Å². The number of nitrogens with zero attached hydrogens (tertiary/aromatic N) is 1. The second-order valence-corrected chi connectivity index (χ2v) is 8.46. The zero-order valence-electron chi connectivity index (χ0n) is 14.8. The number of hydrogen-bond donors (Lipinski definition) is 2. The molecule has 0 aliphatic rings. The first kappa shape index (κ1) is 20.3. The number of unbranched alkanes of at least 4 members (excludes halogenated alkanes) is 1. The van der Waals surface area contributed by atoms with Crippen LogP contribution in [0.4, 0.5) is 5.69 Å². The number of benzene rings is 1. The molecule has 26 heavy (non-hydrogen) atoms. The van der Waals surface area contributed by atoms with Gasteiger partial charge in [-0.15, -0.1) is 0 Å². The topological polar surface area (TPSA) is 97.3 Å². The summed E-state index contributed by atoms with van der Waals surface area (Å²) in [7, 11) is -3.60. The van der Waals surface area contributed by atoms with E-state index in [4.69, 9.17) is 0 Å². The summed E-state index contributed by atoms with van der Waals surface area (Å²) < 4.78 is 28.6. The summed E-state index contributed by atoms with van der Waals surface area (Å²) in [6.07, 6.45) is 1.78. The number of aryl methyl sites for hydroxylation is 1. The fraction of sp³-hybridized carbons (Fsp3) is 0.412. The molecular formula is C17H23N3O4S2. The molecule has 2 aromatic rings. The molecule has 0 fully saturated rings. The number of thiazole rings is 1. The molecule has 0 aliphatic heterocycles. The molecule has 0 spiro atoms. The van der Waals surface area contributed by atoms with E-state index in [1.807, 2.05) is 13.8 Å². The van der Waals surface area contributed by atoms with E-state index in [9.17, 15) is 18.0 Å². The summed E-state index contributed by atoms with van der Waals surface area (Å²) in [4.78, 5) is 23.8. The van der Waals surface area contributed by atoms with Gasteiger partial charge in [-0.1, -0.05) is 30.7 Å². The Balaban J connectivity index is 1.99. The van der Waals surface area contributed by atoms with Crippen LogP contribution in [0.3, 0.4) is 0 Å². The van der Waals surface area contributed by atoms with Crippen molar-refractivity contribution in [1.82, 2.24) is 9.29 Å². The lowest BCUT2D eigenvalue weighted by Crippen LogP contribution is -2.25. The van der Waals surface area contributed by atoms with E-state index in [-0.39, 0.29) is 28.6 Å². The summed E-state index contributed by atoms with van der Waals surface area (Å²) in [6, 6.07) is 6.12. The highest BCUT2D eigenvalue weighted by atomic mass is 32.2. The normalized spacial score (nSPS) is 11.5. The van der Waals surface area contributed by atoms with Gasteiger partial charge in [0.1, 0.15) is 0 Å². The van der Waals surface area contributed by atoms with Crippen molar-refractivity contribution in [1.29, 1.82) is 0 Å². The van der Waals surface area contributed by atoms with Crippen LogP contribution in [0.15, 0.2) is 39.3 Å². The van der Waals surface area contributed by atoms with Crippen LogP contribution in [0.1, 0.15) is 31.9 Å². The number of carbonyl (C=O) groups excluding carboxylic acids is 1. The second kappa shape index (κ2) is 9.11. The van der Waals surface area contributed by atoms with Crippen LogP contribution in [-0.2, 0) is 21.4 Å². The van der Waals surface area contributed by atoms with Gasteiger partial charge < -0.3 is 9.88 Å². The molecule has 2 rings (SSSR count). The van der Waals surface area contributed by atoms with Gasteiger partial charge in [-0.05, 0) is 31.5 Å². The summed E-state index contributed by atoms with van der Waals surface area (Å²) in [5, 5.41) is 4.43. The van der Waals surface area contributed by atoms with Gasteiger partial charge in [0.05, 0.1) is 4.90 Å². The summed E-state index contributed by atoms with van der Waals surface area (Å²) >= 11 is 1.10. The molecule has 0 saturated carbocycles. The Hall–Kier alpha value is -1.97. The number of hydrogen-bond acceptors (Lipinski definition) is 5. The lowest BCUT2D eigenvalue weighted by atomic mass is 10.3. The zero-order chi connectivity index (χ0) is 19.2. The minimum Gasteiger partial charge on any atom is -0.326 e. The van der Waals surface area contributed by atoms with Crippen molar-refractivity contribution in [2.75, 3.05) is 11.9 Å². The van der Waals surface area contributed by atoms with Crippen LogP contribution in [0.2, 0.25) is 0 Å². The molecule has 1 heterocycles. The van der Waals surface area contributed by atoms with Crippen molar-refractivity contribution < 1.29 is 13.2 Å². The molecule has 0 saturated heterocycles. The zero-order valence-corrected chi connectivity index (χ0v) is 16.5. The fourth-order valence-electron chi connectivity index (χ4n) is 2.32. The third-order valence-corrected chi connectivity index (χ3v) is 6.13. The lowest BCUT2D eigenvalue weighted by molar-refractivity contribution is -0.116. The predicted octanol–water partition coefficient (Wildman–Crippen LogP) is 2.33. The average molecular weight is 398 g/mol. The Morgan fingerprint density at radius 1 is 1.31 bits per heavy atom. The number of amides is 1. The quantitative estimate of drug-likeness (QED) is 0.635. The van der Waals surface area contributed by atoms with E-state index < -0.39 is 10.0 Å². The molecule has 9 heteroatoms. The Labute approximate surface area is 157 Å². The first-order valence-electron chi connectivity index (χ1n) is 8.38. The van der Waals surface area contributed by atoms with Gasteiger partial charge >= 0.3 is 4.87 Å². The predicted molar refractivity (Wildman–Crippen MR) is 103 cm³/mol. The first-order chi connectivity index (χ1) is 12.3. The Kier molecular flexibility index (Phi) is 7.13. The number of carbonyl (C=O) groups is 1. The maximum Gasteiger partial charge on any atom is 0.307 e. The summed E-state index contributed by atoms with van der Waals surface area (Å²) in [6.45, 7) is 4.46. The van der Waals surface area contributed by atoms with Crippen molar-refractivity contribution in [2.45, 2.75) is 44.6 Å². The van der Waals surface area contributed by atoms with Gasteiger partial charge in [0.15, 0.2) is 0 Å². The average Bonchev–Trinajstić information content (AvgIpc) is 2.91. The van der Waals surface area contributed by atoms with Crippen LogP contribution >= 0.6 is 11.3 Å². The molecule has 1 amide bonds. The van der Waals surface area contributed by atoms with E-state index in [1.165, 1.54) is 12.1 Å². The number of anilines is 1. The van der Waals surface area contributed by atoms with Gasteiger partial charge in [0, 0.05) is 36.3 Å². The molecule has 1 aromatic carbocycles. The highest BCUT2D eigenvalue weighted by Crippen LogP contribution is 2.16. The largest absolute Gasteiger partial charge is 0.326 e. The monoisotopic (exact) mass is 397 g/mol. The lowest BCUT2D eigenvalue weighted by Gasteiger charge is -2.10. The molecule has 0 atom stereocenters. The molecule has 0 aliphatic carbocycles. The van der Waals surface area contributed by atoms with Gasteiger partial charge in [-0.25, -0.2) is 13.1 Å². The second-order valence-electron chi connectivity index (χ2n) is 5.87.